The van der Waals surface area contributed by atoms with Gasteiger partial charge in [-0.1, -0.05) is 5.16 Å². The van der Waals surface area contributed by atoms with Gasteiger partial charge in [-0.25, -0.2) is 0 Å². The maximum absolute atomic E-state index is 13.7. The second kappa shape index (κ2) is 7.89. The van der Waals surface area contributed by atoms with Gasteiger partial charge in [-0.15, -0.1) is 0 Å². The molecule has 2 N–H and O–H groups in total. The van der Waals surface area contributed by atoms with Crippen LogP contribution < -0.4 is 11.1 Å². The molecule has 2 heterocycles. The third-order valence-corrected chi connectivity index (χ3v) is 4.19. The number of ether oxygens (including phenoxy) is 1. The number of alkyl halides is 3. The Labute approximate surface area is 165 Å². The first-order valence-corrected chi connectivity index (χ1v) is 8.55. The molecular weight excluding hydrogens is 409 g/mol. The quantitative estimate of drug-likeness (QED) is 0.213. The van der Waals surface area contributed by atoms with E-state index in [9.17, 15) is 27.6 Å². The van der Waals surface area contributed by atoms with Crippen molar-refractivity contribution in [3.05, 3.63) is 62.4 Å². The van der Waals surface area contributed by atoms with Crippen molar-refractivity contribution in [2.45, 2.75) is 19.6 Å². The SMILES string of the molecule is CCOC(=O)Cn1c(=O)c(=O)[nH]c2cc(C(F)(F)F)c(-n3ccc(C=NO)c3)cc21. The number of rotatable bonds is 5. The van der Waals surface area contributed by atoms with Gasteiger partial charge in [0, 0.05) is 18.0 Å². The fourth-order valence-corrected chi connectivity index (χ4v) is 2.95. The minimum absolute atomic E-state index is 0.0245. The minimum Gasteiger partial charge on any atom is -0.465 e. The molecule has 1 aromatic carbocycles. The number of fused-ring (bicyclic) bond motifs is 1. The Kier molecular flexibility index (Phi) is 5.49. The lowest BCUT2D eigenvalue weighted by molar-refractivity contribution is -0.143. The van der Waals surface area contributed by atoms with Gasteiger partial charge >= 0.3 is 23.3 Å². The van der Waals surface area contributed by atoms with Crippen LogP contribution in [0.2, 0.25) is 0 Å². The number of nitrogens with one attached hydrogen (secondary N) is 1. The molecule has 9 nitrogen and oxygen atoms in total. The monoisotopic (exact) mass is 424 g/mol. The van der Waals surface area contributed by atoms with Crippen LogP contribution in [0.1, 0.15) is 18.1 Å². The highest BCUT2D eigenvalue weighted by molar-refractivity contribution is 5.82. The van der Waals surface area contributed by atoms with E-state index in [4.69, 9.17) is 9.94 Å². The second-order valence-corrected chi connectivity index (χ2v) is 6.13. The zero-order valence-electron chi connectivity index (χ0n) is 15.4. The van der Waals surface area contributed by atoms with Crippen LogP contribution in [0, 0.1) is 0 Å². The van der Waals surface area contributed by atoms with Crippen molar-refractivity contribution >= 4 is 23.2 Å². The Hall–Kier alpha value is -3.83. The van der Waals surface area contributed by atoms with Gasteiger partial charge < -0.3 is 19.5 Å². The third kappa shape index (κ3) is 3.97. The van der Waals surface area contributed by atoms with Gasteiger partial charge in [0.05, 0.1) is 35.1 Å². The lowest BCUT2D eigenvalue weighted by Crippen LogP contribution is -2.38. The summed E-state index contributed by atoms with van der Waals surface area (Å²) in [5.74, 6) is -0.824. The minimum atomic E-state index is -4.79. The summed E-state index contributed by atoms with van der Waals surface area (Å²) in [5, 5.41) is 11.4. The Balaban J connectivity index is 2.33. The van der Waals surface area contributed by atoms with Crippen molar-refractivity contribution in [1.82, 2.24) is 14.1 Å². The molecule has 0 radical (unpaired) electrons. The van der Waals surface area contributed by atoms with Crippen LogP contribution in [0.25, 0.3) is 16.7 Å². The average Bonchev–Trinajstić information content (AvgIpc) is 3.13. The molecular formula is C18H15F3N4O5. The number of benzene rings is 1. The first kappa shape index (κ1) is 20.9. The first-order chi connectivity index (χ1) is 14.2. The number of H-pyrrole nitrogens is 1. The van der Waals surface area contributed by atoms with E-state index in [-0.39, 0.29) is 23.3 Å². The highest BCUT2D eigenvalue weighted by Gasteiger charge is 2.35. The molecule has 3 rings (SSSR count). The van der Waals surface area contributed by atoms with Gasteiger partial charge in [-0.2, -0.15) is 13.2 Å². The summed E-state index contributed by atoms with van der Waals surface area (Å²) in [6.45, 7) is 0.923. The van der Waals surface area contributed by atoms with Crippen molar-refractivity contribution in [2.75, 3.05) is 6.61 Å². The van der Waals surface area contributed by atoms with Gasteiger partial charge in [0.2, 0.25) is 0 Å². The lowest BCUT2D eigenvalue weighted by Gasteiger charge is -2.17. The second-order valence-electron chi connectivity index (χ2n) is 6.13. The number of nitrogens with zero attached hydrogens (tertiary/aromatic N) is 3. The van der Waals surface area contributed by atoms with Crippen LogP contribution >= 0.6 is 0 Å². The van der Waals surface area contributed by atoms with Crippen LogP contribution in [0.5, 0.6) is 0 Å². The first-order valence-electron chi connectivity index (χ1n) is 8.55. The molecule has 0 fully saturated rings. The number of aromatic amines is 1. The molecule has 0 saturated carbocycles. The number of halogens is 3. The fraction of sp³-hybridized carbons (Fsp3) is 0.222. The summed E-state index contributed by atoms with van der Waals surface area (Å²) in [6, 6.07) is 3.13. The lowest BCUT2D eigenvalue weighted by atomic mass is 10.1. The summed E-state index contributed by atoms with van der Waals surface area (Å²) < 4.78 is 47.7. The molecule has 0 aliphatic carbocycles. The summed E-state index contributed by atoms with van der Waals surface area (Å²) in [5.41, 5.74) is -3.79. The smallest absolute Gasteiger partial charge is 0.418 e. The van der Waals surface area contributed by atoms with Crippen molar-refractivity contribution in [1.29, 1.82) is 0 Å². The van der Waals surface area contributed by atoms with E-state index in [1.807, 2.05) is 0 Å². The van der Waals surface area contributed by atoms with Crippen LogP contribution in [-0.2, 0) is 22.3 Å². The molecule has 3 aromatic rings. The molecule has 158 valence electrons. The largest absolute Gasteiger partial charge is 0.465 e. The Morgan fingerprint density at radius 2 is 2.07 bits per heavy atom. The summed E-state index contributed by atoms with van der Waals surface area (Å²) in [6.07, 6.45) is -1.19. The Morgan fingerprint density at radius 1 is 1.33 bits per heavy atom. The number of hydrogen-bond donors (Lipinski definition) is 2. The van der Waals surface area contributed by atoms with E-state index in [2.05, 4.69) is 10.1 Å². The highest BCUT2D eigenvalue weighted by Crippen LogP contribution is 2.36. The Morgan fingerprint density at radius 3 is 2.70 bits per heavy atom. The number of esters is 1. The molecule has 0 saturated heterocycles. The molecule has 0 atom stereocenters. The third-order valence-electron chi connectivity index (χ3n) is 4.19. The van der Waals surface area contributed by atoms with Crippen molar-refractivity contribution in [3.63, 3.8) is 0 Å². The molecule has 12 heteroatoms. The summed E-state index contributed by atoms with van der Waals surface area (Å²) in [7, 11) is 0. The van der Waals surface area contributed by atoms with Crippen molar-refractivity contribution in [2.24, 2.45) is 5.16 Å². The topological polar surface area (TPSA) is 119 Å². The van der Waals surface area contributed by atoms with Gasteiger partial charge in [0.1, 0.15) is 6.54 Å². The standard InChI is InChI=1S/C18H15F3N4O5/c1-2-30-15(26)9-25-14-6-13(24-4-3-10(8-24)7-22-29)11(18(19,20)21)5-12(14)23-16(27)17(25)28/h3-8,29H,2,9H2,1H3,(H,23,27). The van der Waals surface area contributed by atoms with Crippen LogP contribution in [0.3, 0.4) is 0 Å². The average molecular weight is 424 g/mol. The van der Waals surface area contributed by atoms with Gasteiger partial charge in [0.25, 0.3) is 0 Å². The van der Waals surface area contributed by atoms with Crippen molar-refractivity contribution < 1.29 is 27.9 Å². The summed E-state index contributed by atoms with van der Waals surface area (Å²) in [4.78, 5) is 38.2. The number of carbonyl (C=O) groups excluding carboxylic acids is 1. The molecule has 0 spiro atoms. The van der Waals surface area contributed by atoms with E-state index in [0.29, 0.717) is 11.6 Å². The predicted octanol–water partition coefficient (Wildman–Crippen LogP) is 1.87. The molecule has 0 bridgehead atoms. The van der Waals surface area contributed by atoms with Crippen molar-refractivity contribution in [3.8, 4) is 5.69 Å². The zero-order valence-corrected chi connectivity index (χ0v) is 15.4. The number of hydrogen-bond acceptors (Lipinski definition) is 6. The van der Waals surface area contributed by atoms with Gasteiger partial charge in [0.15, 0.2) is 0 Å². The number of carbonyl (C=O) groups is 1. The predicted molar refractivity (Wildman–Crippen MR) is 99.2 cm³/mol. The maximum atomic E-state index is 13.7. The van der Waals surface area contributed by atoms with E-state index >= 15 is 0 Å². The molecule has 0 aliphatic heterocycles. The number of oxime groups is 1. The summed E-state index contributed by atoms with van der Waals surface area (Å²) >= 11 is 0. The van der Waals surface area contributed by atoms with E-state index in [0.717, 1.165) is 21.4 Å². The Bertz CT molecular complexity index is 1250. The van der Waals surface area contributed by atoms with Crippen LogP contribution in [0.4, 0.5) is 13.2 Å². The molecule has 2 aromatic heterocycles. The molecule has 30 heavy (non-hydrogen) atoms. The normalized spacial score (nSPS) is 12.0. The van der Waals surface area contributed by atoms with Gasteiger partial charge in [-0.3, -0.25) is 19.0 Å². The fourth-order valence-electron chi connectivity index (χ4n) is 2.95. The molecule has 0 amide bonds. The van der Waals surface area contributed by atoms with E-state index in [1.54, 1.807) is 6.92 Å². The van der Waals surface area contributed by atoms with Crippen LogP contribution in [-0.4, -0.2) is 38.1 Å². The zero-order chi connectivity index (χ0) is 22.1. The highest BCUT2D eigenvalue weighted by atomic mass is 19.4. The maximum Gasteiger partial charge on any atom is 0.418 e. The van der Waals surface area contributed by atoms with E-state index < -0.39 is 35.4 Å². The van der Waals surface area contributed by atoms with Gasteiger partial charge in [-0.05, 0) is 25.1 Å². The molecule has 0 aliphatic rings. The number of aromatic nitrogens is 3. The molecule has 0 unspecified atom stereocenters. The van der Waals surface area contributed by atoms with Crippen LogP contribution in [0.15, 0.2) is 45.3 Å². The van der Waals surface area contributed by atoms with E-state index in [1.165, 1.54) is 18.5 Å².